The molecule has 1 fully saturated rings. The number of hydrogen-bond donors (Lipinski definition) is 1. The van der Waals surface area contributed by atoms with Crippen molar-refractivity contribution in [3.8, 4) is 11.5 Å². The molecule has 0 unspecified atom stereocenters. The highest BCUT2D eigenvalue weighted by atomic mass is 32.2. The van der Waals surface area contributed by atoms with Crippen molar-refractivity contribution in [2.75, 3.05) is 19.0 Å². The van der Waals surface area contributed by atoms with E-state index in [9.17, 15) is 18.0 Å². The monoisotopic (exact) mass is 437 g/mol. The molecule has 2 aliphatic rings. The van der Waals surface area contributed by atoms with E-state index < -0.39 is 10.7 Å². The van der Waals surface area contributed by atoms with Crippen molar-refractivity contribution >= 4 is 22.3 Å². The highest BCUT2D eigenvalue weighted by Gasteiger charge is 2.30. The first kappa shape index (κ1) is 19.8. The van der Waals surface area contributed by atoms with Gasteiger partial charge in [0.05, 0.1) is 5.88 Å². The molecule has 1 aromatic heterocycles. The maximum absolute atomic E-state index is 12.9. The maximum atomic E-state index is 12.9. The highest BCUT2D eigenvalue weighted by Crippen LogP contribution is 2.32. The minimum absolute atomic E-state index is 0.0740. The van der Waals surface area contributed by atoms with Crippen molar-refractivity contribution in [1.82, 2.24) is 15.0 Å². The van der Waals surface area contributed by atoms with Crippen LogP contribution in [0.15, 0.2) is 47.0 Å². The van der Waals surface area contributed by atoms with Crippen LogP contribution in [0.2, 0.25) is 0 Å². The first-order chi connectivity index (χ1) is 15.0. The minimum atomic E-state index is -2.42. The molecular weight excluding hydrogens is 418 g/mol. The lowest BCUT2D eigenvalue weighted by Crippen LogP contribution is -2.34. The molecule has 0 bridgehead atoms. The number of thiol groups is 1. The Balaban J connectivity index is 1.39. The van der Waals surface area contributed by atoms with E-state index in [1.165, 1.54) is 0 Å². The Morgan fingerprint density at radius 2 is 1.58 bits per heavy atom. The van der Waals surface area contributed by atoms with Crippen molar-refractivity contribution < 1.29 is 22.5 Å². The van der Waals surface area contributed by atoms with Crippen LogP contribution >= 0.6 is 0 Å². The van der Waals surface area contributed by atoms with E-state index >= 15 is 0 Å². The molecule has 1 aliphatic heterocycles. The molecule has 0 spiro atoms. The Morgan fingerprint density at radius 3 is 2.26 bits per heavy atom. The van der Waals surface area contributed by atoms with Crippen molar-refractivity contribution in [3.05, 3.63) is 70.5 Å². The highest BCUT2D eigenvalue weighted by molar-refractivity contribution is 7.72. The first-order valence-corrected chi connectivity index (χ1v) is 11.4. The number of nitrogens with zero attached hydrogens (tertiary/aromatic N) is 3. The van der Waals surface area contributed by atoms with Crippen LogP contribution in [-0.2, 0) is 10.7 Å². The van der Waals surface area contributed by atoms with E-state index in [1.54, 1.807) is 42.5 Å². The number of likely N-dealkylation sites (tertiary alicyclic amines) is 1. The minimum Gasteiger partial charge on any atom is -0.334 e. The van der Waals surface area contributed by atoms with Gasteiger partial charge >= 0.3 is 0 Å². The van der Waals surface area contributed by atoms with Gasteiger partial charge in [-0.25, -0.2) is 8.42 Å². The topological polar surface area (TPSA) is 110 Å². The van der Waals surface area contributed by atoms with E-state index in [4.69, 9.17) is 4.52 Å². The average molecular weight is 437 g/mol. The fourth-order valence-corrected chi connectivity index (χ4v) is 4.86. The number of carbonyl (C=O) groups excluding carboxylic acids is 2. The average Bonchev–Trinajstić information content (AvgIpc) is 3.27. The molecule has 3 aromatic rings. The Kier molecular flexibility index (Phi) is 4.99. The fourth-order valence-electron chi connectivity index (χ4n) is 4.25. The first-order valence-electron chi connectivity index (χ1n) is 10.0. The van der Waals surface area contributed by atoms with Gasteiger partial charge in [0.15, 0.2) is 28.1 Å². The molecule has 31 heavy (non-hydrogen) atoms. The standard InChI is InChI=1S/C22H19N3O5S/c26-19-15-3-1-2-4-16(15)20(27)18-11-14(5-6-17(18)19)22-23-21(24-30-22)13-7-9-25(10-8-13)12-31(28)29/h1-6,11,13,31H,7-10,12H2. The Bertz CT molecular complexity index is 1260. The Morgan fingerprint density at radius 1 is 0.935 bits per heavy atom. The maximum Gasteiger partial charge on any atom is 0.257 e. The van der Waals surface area contributed by atoms with Crippen LogP contribution in [0.3, 0.4) is 0 Å². The summed E-state index contributed by atoms with van der Waals surface area (Å²) in [6.07, 6.45) is 1.49. The summed E-state index contributed by atoms with van der Waals surface area (Å²) in [6, 6.07) is 11.8. The molecule has 0 radical (unpaired) electrons. The zero-order valence-electron chi connectivity index (χ0n) is 16.5. The summed E-state index contributed by atoms with van der Waals surface area (Å²) in [5.41, 5.74) is 2.10. The van der Waals surface area contributed by atoms with Gasteiger partial charge in [0.2, 0.25) is 0 Å². The third kappa shape index (κ3) is 3.60. The largest absolute Gasteiger partial charge is 0.334 e. The van der Waals surface area contributed by atoms with Crippen LogP contribution in [0.4, 0.5) is 0 Å². The summed E-state index contributed by atoms with van der Waals surface area (Å²) in [4.78, 5) is 32.1. The quantitative estimate of drug-likeness (QED) is 0.484. The number of carbonyl (C=O) groups is 2. The van der Waals surface area contributed by atoms with E-state index in [1.807, 2.05) is 4.90 Å². The number of hydrogen-bond acceptors (Lipinski definition) is 8. The van der Waals surface area contributed by atoms with Crippen LogP contribution in [0, 0.1) is 0 Å². The lowest BCUT2D eigenvalue weighted by Gasteiger charge is -2.28. The second-order valence-electron chi connectivity index (χ2n) is 7.79. The van der Waals surface area contributed by atoms with E-state index in [0.29, 0.717) is 52.6 Å². The molecule has 1 saturated heterocycles. The zero-order valence-corrected chi connectivity index (χ0v) is 17.4. The van der Waals surface area contributed by atoms with Crippen molar-refractivity contribution in [3.63, 3.8) is 0 Å². The third-order valence-corrected chi connectivity index (χ3v) is 6.51. The van der Waals surface area contributed by atoms with Gasteiger partial charge < -0.3 is 4.52 Å². The Hall–Kier alpha value is -3.17. The summed E-state index contributed by atoms with van der Waals surface area (Å²) in [5.74, 6) is 0.662. The zero-order chi connectivity index (χ0) is 21.5. The molecular formula is C22H19N3O5S. The second kappa shape index (κ2) is 7.82. The molecule has 8 nitrogen and oxygen atoms in total. The van der Waals surface area contributed by atoms with Crippen molar-refractivity contribution in [1.29, 1.82) is 0 Å². The van der Waals surface area contributed by atoms with E-state index in [0.717, 1.165) is 12.8 Å². The van der Waals surface area contributed by atoms with Crippen LogP contribution in [0.25, 0.3) is 11.5 Å². The molecule has 1 aliphatic carbocycles. The summed E-state index contributed by atoms with van der Waals surface area (Å²) < 4.78 is 27.3. The molecule has 9 heteroatoms. The molecule has 2 heterocycles. The van der Waals surface area contributed by atoms with Crippen LogP contribution in [0.1, 0.15) is 56.4 Å². The predicted molar refractivity (Wildman–Crippen MR) is 112 cm³/mol. The van der Waals surface area contributed by atoms with Gasteiger partial charge in [-0.2, -0.15) is 4.98 Å². The van der Waals surface area contributed by atoms with Crippen LogP contribution in [-0.4, -0.2) is 54.0 Å². The third-order valence-electron chi connectivity index (χ3n) is 5.88. The number of piperidine rings is 1. The lowest BCUT2D eigenvalue weighted by molar-refractivity contribution is 0.0979. The van der Waals surface area contributed by atoms with Crippen molar-refractivity contribution in [2.45, 2.75) is 18.8 Å². The number of rotatable bonds is 4. The summed E-state index contributed by atoms with van der Waals surface area (Å²) in [7, 11) is -2.42. The van der Waals surface area contributed by atoms with Gasteiger partial charge in [-0.15, -0.1) is 0 Å². The van der Waals surface area contributed by atoms with Gasteiger partial charge in [-0.05, 0) is 44.1 Å². The van der Waals surface area contributed by atoms with E-state index in [2.05, 4.69) is 10.1 Å². The normalized spacial score (nSPS) is 17.1. The molecule has 5 rings (SSSR count). The molecule has 2 aromatic carbocycles. The molecule has 158 valence electrons. The smallest absolute Gasteiger partial charge is 0.257 e. The number of fused-ring (bicyclic) bond motifs is 2. The fraction of sp³-hybridized carbons (Fsp3) is 0.273. The van der Waals surface area contributed by atoms with Gasteiger partial charge in [0, 0.05) is 33.7 Å². The number of aromatic nitrogens is 2. The van der Waals surface area contributed by atoms with E-state index in [-0.39, 0.29) is 23.4 Å². The molecule has 0 saturated carbocycles. The summed E-state index contributed by atoms with van der Waals surface area (Å²) in [6.45, 7) is 1.32. The lowest BCUT2D eigenvalue weighted by atomic mass is 9.83. The second-order valence-corrected chi connectivity index (χ2v) is 8.74. The molecule has 0 amide bonds. The molecule has 0 atom stereocenters. The van der Waals surface area contributed by atoms with Gasteiger partial charge in [0.1, 0.15) is 0 Å². The Labute approximate surface area is 179 Å². The van der Waals surface area contributed by atoms with Crippen LogP contribution < -0.4 is 0 Å². The van der Waals surface area contributed by atoms with Gasteiger partial charge in [-0.3, -0.25) is 14.5 Å². The van der Waals surface area contributed by atoms with Crippen molar-refractivity contribution in [2.24, 2.45) is 0 Å². The van der Waals surface area contributed by atoms with Gasteiger partial charge in [-0.1, -0.05) is 29.4 Å². The van der Waals surface area contributed by atoms with Crippen LogP contribution in [0.5, 0.6) is 0 Å². The summed E-state index contributed by atoms with van der Waals surface area (Å²) >= 11 is 0. The number of ketones is 2. The predicted octanol–water partition coefficient (Wildman–Crippen LogP) is 2.26. The molecule has 0 N–H and O–H groups in total. The SMILES string of the molecule is O=C1c2ccccc2C(=O)c2cc(-c3nc(C4CCN(C[SH](=O)=O)CC4)no3)ccc21. The summed E-state index contributed by atoms with van der Waals surface area (Å²) in [5, 5.41) is 4.11. The van der Waals surface area contributed by atoms with Gasteiger partial charge in [0.25, 0.3) is 5.89 Å². The number of benzene rings is 2.